The number of nitro benzene ring substituents is 1. The molecule has 0 aliphatic carbocycles. The molecule has 0 heterocycles. The Kier molecular flexibility index (Phi) is 15.6. The van der Waals surface area contributed by atoms with Gasteiger partial charge in [0.15, 0.2) is 0 Å². The number of hydrogen-bond donors (Lipinski definition) is 1. The van der Waals surface area contributed by atoms with Gasteiger partial charge in [-0.15, -0.1) is 10.2 Å². The van der Waals surface area contributed by atoms with Gasteiger partial charge in [0.1, 0.15) is 29.1 Å². The summed E-state index contributed by atoms with van der Waals surface area (Å²) < 4.78 is 21.4. The molecule has 1 N–H and O–H groups in total. The van der Waals surface area contributed by atoms with Gasteiger partial charge in [-0.1, -0.05) is 17.2 Å². The molecule has 0 saturated heterocycles. The number of ether oxygens (including phenoxy) is 4. The molecule has 0 fully saturated rings. The maximum Gasteiger partial charge on any atom is 0.337 e. The first-order valence-electron chi connectivity index (χ1n) is 16.9. The molecule has 0 bridgehead atoms. The Labute approximate surface area is 316 Å². The molecule has 0 aliphatic rings. The molecule has 1 amide bonds. The SMILES string of the molecule is COC(=O)c1ccc(COC(CCCNC(=O)CCN(C)c2ccc(N=Nc3cc(OC)c(N=Nc4ccc([N+](=O)[O-])cc4)cc3OC)cc2)N=[N+]=[N-])cc1. The fourth-order valence-electron chi connectivity index (χ4n) is 4.93. The van der Waals surface area contributed by atoms with Crippen LogP contribution in [-0.4, -0.2) is 64.5 Å². The normalized spacial score (nSPS) is 11.5. The number of benzene rings is 4. The Bertz CT molecular complexity index is 2020. The Morgan fingerprint density at radius 1 is 0.873 bits per heavy atom. The number of hydrogen-bond acceptors (Lipinski definition) is 14. The van der Waals surface area contributed by atoms with Crippen molar-refractivity contribution < 1.29 is 33.5 Å². The highest BCUT2D eigenvalue weighted by Gasteiger charge is 2.13. The van der Waals surface area contributed by atoms with E-state index in [1.165, 1.54) is 45.6 Å². The molecule has 1 unspecified atom stereocenters. The van der Waals surface area contributed by atoms with Crippen molar-refractivity contribution >= 4 is 46.0 Å². The summed E-state index contributed by atoms with van der Waals surface area (Å²) in [7, 11) is 6.16. The van der Waals surface area contributed by atoms with Crippen molar-refractivity contribution in [3.63, 3.8) is 0 Å². The largest absolute Gasteiger partial charge is 0.494 e. The number of nitrogens with one attached hydrogen (secondary N) is 1. The van der Waals surface area contributed by atoms with Crippen LogP contribution in [0.1, 0.15) is 35.2 Å². The molecule has 4 aromatic carbocycles. The molecule has 1 atom stereocenters. The number of carbonyl (C=O) groups excluding carboxylic acids is 2. The van der Waals surface area contributed by atoms with Gasteiger partial charge < -0.3 is 29.2 Å². The Balaban J connectivity index is 1.23. The van der Waals surface area contributed by atoms with E-state index in [-0.39, 0.29) is 24.6 Å². The summed E-state index contributed by atoms with van der Waals surface area (Å²) in [5.74, 6) is 0.193. The summed E-state index contributed by atoms with van der Waals surface area (Å²) in [6, 6.07) is 22.9. The van der Waals surface area contributed by atoms with Crippen molar-refractivity contribution in [3.8, 4) is 11.5 Å². The third kappa shape index (κ3) is 12.6. The minimum Gasteiger partial charge on any atom is -0.494 e. The fraction of sp³-hybridized carbons (Fsp3) is 0.297. The van der Waals surface area contributed by atoms with Gasteiger partial charge in [-0.05, 0) is 72.5 Å². The van der Waals surface area contributed by atoms with Crippen LogP contribution >= 0.6 is 0 Å². The molecule has 0 radical (unpaired) electrons. The molecule has 18 nitrogen and oxygen atoms in total. The van der Waals surface area contributed by atoms with Crippen molar-refractivity contribution in [1.29, 1.82) is 0 Å². The van der Waals surface area contributed by atoms with E-state index >= 15 is 0 Å². The maximum absolute atomic E-state index is 12.5. The van der Waals surface area contributed by atoms with Gasteiger partial charge in [-0.25, -0.2) is 4.79 Å². The number of anilines is 1. The highest BCUT2D eigenvalue weighted by Crippen LogP contribution is 2.41. The second-order valence-corrected chi connectivity index (χ2v) is 11.7. The lowest BCUT2D eigenvalue weighted by Crippen LogP contribution is -2.29. The topological polar surface area (TPSA) is 228 Å². The van der Waals surface area contributed by atoms with Crippen molar-refractivity contribution in [2.24, 2.45) is 25.6 Å². The minimum absolute atomic E-state index is 0.0499. The zero-order chi connectivity index (χ0) is 39.6. The highest BCUT2D eigenvalue weighted by atomic mass is 16.6. The van der Waals surface area contributed by atoms with Crippen LogP contribution in [-0.2, 0) is 20.9 Å². The number of azo groups is 2. The number of methoxy groups -OCH3 is 3. The number of esters is 1. The lowest BCUT2D eigenvalue weighted by atomic mass is 10.1. The first-order valence-corrected chi connectivity index (χ1v) is 16.9. The van der Waals surface area contributed by atoms with E-state index in [2.05, 4.69) is 35.8 Å². The van der Waals surface area contributed by atoms with Crippen molar-refractivity contribution in [1.82, 2.24) is 5.32 Å². The summed E-state index contributed by atoms with van der Waals surface area (Å²) in [5.41, 5.74) is 12.7. The van der Waals surface area contributed by atoms with Crippen LogP contribution in [0.3, 0.4) is 0 Å². The van der Waals surface area contributed by atoms with E-state index < -0.39 is 17.1 Å². The number of non-ortho nitro benzene ring substituents is 1. The smallest absolute Gasteiger partial charge is 0.337 e. The van der Waals surface area contributed by atoms with E-state index in [0.29, 0.717) is 65.7 Å². The van der Waals surface area contributed by atoms with Crippen LogP contribution in [0, 0.1) is 10.1 Å². The van der Waals surface area contributed by atoms with E-state index in [9.17, 15) is 19.7 Å². The van der Waals surface area contributed by atoms with Gasteiger partial charge in [-0.2, -0.15) is 10.2 Å². The third-order valence-corrected chi connectivity index (χ3v) is 8.00. The van der Waals surface area contributed by atoms with Crippen LogP contribution in [0.25, 0.3) is 10.4 Å². The van der Waals surface area contributed by atoms with Gasteiger partial charge in [-0.3, -0.25) is 14.9 Å². The number of nitrogens with zero attached hydrogens (tertiary/aromatic N) is 9. The number of amides is 1. The van der Waals surface area contributed by atoms with E-state index in [1.807, 2.05) is 24.1 Å². The minimum atomic E-state index is -0.707. The highest BCUT2D eigenvalue weighted by molar-refractivity contribution is 5.89. The van der Waals surface area contributed by atoms with E-state index in [0.717, 1.165) is 11.3 Å². The van der Waals surface area contributed by atoms with Gasteiger partial charge >= 0.3 is 5.97 Å². The predicted molar refractivity (Wildman–Crippen MR) is 203 cm³/mol. The van der Waals surface area contributed by atoms with Crippen molar-refractivity contribution in [2.75, 3.05) is 46.4 Å². The summed E-state index contributed by atoms with van der Waals surface area (Å²) in [6.45, 7) is 1.05. The fourth-order valence-corrected chi connectivity index (χ4v) is 4.93. The summed E-state index contributed by atoms with van der Waals surface area (Å²) >= 11 is 0. The van der Waals surface area contributed by atoms with Gasteiger partial charge in [0.05, 0.1) is 49.8 Å². The first kappa shape index (κ1) is 40.9. The molecule has 0 saturated carbocycles. The quantitative estimate of drug-likeness (QED) is 0.0173. The van der Waals surface area contributed by atoms with E-state index in [4.69, 9.17) is 24.5 Å². The number of nitro groups is 1. The number of rotatable bonds is 20. The van der Waals surface area contributed by atoms with Crippen LogP contribution < -0.4 is 19.7 Å². The predicted octanol–water partition coefficient (Wildman–Crippen LogP) is 8.81. The van der Waals surface area contributed by atoms with Crippen LogP contribution in [0.5, 0.6) is 11.5 Å². The van der Waals surface area contributed by atoms with Crippen LogP contribution in [0.15, 0.2) is 111 Å². The molecule has 0 spiro atoms. The monoisotopic (exact) mass is 752 g/mol. The van der Waals surface area contributed by atoms with Crippen LogP contribution in [0.4, 0.5) is 34.1 Å². The van der Waals surface area contributed by atoms with Crippen molar-refractivity contribution in [3.05, 3.63) is 117 Å². The summed E-state index contributed by atoms with van der Waals surface area (Å²) in [4.78, 5) is 39.3. The van der Waals surface area contributed by atoms with Gasteiger partial charge in [0, 0.05) is 61.4 Å². The lowest BCUT2D eigenvalue weighted by molar-refractivity contribution is -0.384. The molecule has 18 heteroatoms. The molecule has 286 valence electrons. The number of carbonyl (C=O) groups is 2. The molecule has 0 aromatic heterocycles. The zero-order valence-corrected chi connectivity index (χ0v) is 30.7. The summed E-state index contributed by atoms with van der Waals surface area (Å²) in [5, 5.41) is 34.5. The van der Waals surface area contributed by atoms with E-state index in [1.54, 1.807) is 48.5 Å². The zero-order valence-electron chi connectivity index (χ0n) is 30.7. The lowest BCUT2D eigenvalue weighted by Gasteiger charge is -2.19. The average molecular weight is 753 g/mol. The third-order valence-electron chi connectivity index (χ3n) is 8.00. The Morgan fingerprint density at radius 3 is 1.98 bits per heavy atom. The molecular formula is C37H40N10O8. The van der Waals surface area contributed by atoms with Gasteiger partial charge in [0.2, 0.25) is 5.91 Å². The molecular weight excluding hydrogens is 712 g/mol. The molecule has 0 aliphatic heterocycles. The molecule has 4 aromatic rings. The Hall–Kier alpha value is -6.91. The Morgan fingerprint density at radius 2 is 1.45 bits per heavy atom. The van der Waals surface area contributed by atoms with Crippen LogP contribution in [0.2, 0.25) is 0 Å². The molecule has 55 heavy (non-hydrogen) atoms. The number of azide groups is 1. The van der Waals surface area contributed by atoms with Gasteiger partial charge in [0.25, 0.3) is 5.69 Å². The average Bonchev–Trinajstić information content (AvgIpc) is 3.21. The maximum atomic E-state index is 12.5. The van der Waals surface area contributed by atoms with Crippen molar-refractivity contribution in [2.45, 2.75) is 32.1 Å². The first-order chi connectivity index (χ1) is 26.6. The standard InChI is InChI=1S/C37H40N10O8/c1-46(21-19-35(48)39-20-5-6-36(44-45-38)55-24-25-7-9-26(10-8-25)37(49)54-4)29-15-11-27(12-16-29)40-42-31-22-34(53-3)32(23-33(31)52-2)43-41-28-13-17-30(18-14-28)47(50)51/h7-18,22-23,36H,5-6,19-21,24H2,1-4H3,(H,39,48). The second-order valence-electron chi connectivity index (χ2n) is 11.7. The molecule has 4 rings (SSSR count). The summed E-state index contributed by atoms with van der Waals surface area (Å²) in [6.07, 6.45) is 0.515. The second kappa shape index (κ2) is 21.0.